The van der Waals surface area contributed by atoms with Crippen molar-refractivity contribution in [1.82, 2.24) is 15.1 Å². The van der Waals surface area contributed by atoms with Crippen LogP contribution < -0.4 is 5.32 Å². The van der Waals surface area contributed by atoms with Crippen molar-refractivity contribution in [2.45, 2.75) is 38.1 Å². The minimum Gasteiger partial charge on any atom is -0.373 e. The highest BCUT2D eigenvalue weighted by Gasteiger charge is 2.41. The third-order valence-corrected chi connectivity index (χ3v) is 7.10. The molecule has 0 amide bonds. The summed E-state index contributed by atoms with van der Waals surface area (Å²) in [6.45, 7) is 9.20. The second-order valence-corrected chi connectivity index (χ2v) is 9.28. The molecule has 184 valence electrons. The number of guanidine groups is 1. The number of ether oxygens (including phenoxy) is 2. The Bertz CT molecular complexity index is 913. The third-order valence-electron chi connectivity index (χ3n) is 7.10. The Labute approximate surface area is 220 Å². The van der Waals surface area contributed by atoms with E-state index < -0.39 is 0 Å². The maximum Gasteiger partial charge on any atom is 0.194 e. The van der Waals surface area contributed by atoms with E-state index in [0.29, 0.717) is 12.0 Å². The quantitative estimate of drug-likeness (QED) is 0.321. The molecule has 3 fully saturated rings. The number of aliphatic imine (C=N–C) groups is 1. The predicted octanol–water partition coefficient (Wildman–Crippen LogP) is 3.93. The number of hydrogen-bond donors (Lipinski definition) is 1. The SMILES string of the molecule is CCNC(=NCC1CCOC1c1ccccc1)N1CC2OCCN(Cc3ccccc3)C2C1.I. The smallest absolute Gasteiger partial charge is 0.194 e. The van der Waals surface area contributed by atoms with Crippen molar-refractivity contribution in [3.63, 3.8) is 0 Å². The van der Waals surface area contributed by atoms with Gasteiger partial charge < -0.3 is 19.7 Å². The Kier molecular flexibility index (Phi) is 9.22. The van der Waals surface area contributed by atoms with Gasteiger partial charge >= 0.3 is 0 Å². The lowest BCUT2D eigenvalue weighted by Gasteiger charge is -2.36. The van der Waals surface area contributed by atoms with Gasteiger partial charge in [-0.2, -0.15) is 0 Å². The first-order valence-electron chi connectivity index (χ1n) is 12.4. The summed E-state index contributed by atoms with van der Waals surface area (Å²) in [7, 11) is 0. The van der Waals surface area contributed by atoms with Crippen LogP contribution in [-0.2, 0) is 16.0 Å². The van der Waals surface area contributed by atoms with Crippen molar-refractivity contribution in [3.8, 4) is 0 Å². The van der Waals surface area contributed by atoms with E-state index in [9.17, 15) is 0 Å². The molecule has 2 aromatic rings. The number of likely N-dealkylation sites (tertiary alicyclic amines) is 1. The fourth-order valence-electron chi connectivity index (χ4n) is 5.41. The van der Waals surface area contributed by atoms with Gasteiger partial charge in [-0.1, -0.05) is 60.7 Å². The maximum atomic E-state index is 6.20. The van der Waals surface area contributed by atoms with Crippen LogP contribution in [0.3, 0.4) is 0 Å². The fourth-order valence-corrected chi connectivity index (χ4v) is 5.41. The molecule has 7 heteroatoms. The summed E-state index contributed by atoms with van der Waals surface area (Å²) < 4.78 is 12.3. The topological polar surface area (TPSA) is 49.3 Å². The van der Waals surface area contributed by atoms with Crippen LogP contribution in [0.4, 0.5) is 0 Å². The molecule has 2 aromatic carbocycles. The first-order valence-corrected chi connectivity index (χ1v) is 12.4. The molecule has 0 bridgehead atoms. The van der Waals surface area contributed by atoms with Gasteiger partial charge in [-0.05, 0) is 24.5 Å². The van der Waals surface area contributed by atoms with Gasteiger partial charge in [0, 0.05) is 51.8 Å². The average Bonchev–Trinajstić information content (AvgIpc) is 3.51. The van der Waals surface area contributed by atoms with Crippen molar-refractivity contribution in [1.29, 1.82) is 0 Å². The summed E-state index contributed by atoms with van der Waals surface area (Å²) in [5.41, 5.74) is 2.63. The highest BCUT2D eigenvalue weighted by Crippen LogP contribution is 2.34. The van der Waals surface area contributed by atoms with Gasteiger partial charge in [0.05, 0.1) is 24.9 Å². The third kappa shape index (κ3) is 5.93. The summed E-state index contributed by atoms with van der Waals surface area (Å²) in [5.74, 6) is 1.42. The van der Waals surface area contributed by atoms with Gasteiger partial charge in [0.25, 0.3) is 0 Å². The van der Waals surface area contributed by atoms with Crippen LogP contribution >= 0.6 is 24.0 Å². The minimum atomic E-state index is 0. The molecule has 3 saturated heterocycles. The van der Waals surface area contributed by atoms with Crippen molar-refractivity contribution < 1.29 is 9.47 Å². The molecule has 3 aliphatic heterocycles. The number of nitrogens with one attached hydrogen (secondary N) is 1. The highest BCUT2D eigenvalue weighted by atomic mass is 127. The summed E-state index contributed by atoms with van der Waals surface area (Å²) in [6.07, 6.45) is 1.43. The van der Waals surface area contributed by atoms with E-state index >= 15 is 0 Å². The molecule has 0 radical (unpaired) electrons. The number of benzene rings is 2. The Morgan fingerprint density at radius 1 is 1.00 bits per heavy atom. The molecule has 5 rings (SSSR count). The number of nitrogens with zero attached hydrogens (tertiary/aromatic N) is 3. The number of fused-ring (bicyclic) bond motifs is 1. The first kappa shape index (κ1) is 25.4. The van der Waals surface area contributed by atoms with Gasteiger partial charge in [0.2, 0.25) is 0 Å². The van der Waals surface area contributed by atoms with E-state index in [-0.39, 0.29) is 36.2 Å². The monoisotopic (exact) mass is 576 g/mol. The summed E-state index contributed by atoms with van der Waals surface area (Å²) in [6, 6.07) is 21.7. The largest absolute Gasteiger partial charge is 0.373 e. The number of hydrogen-bond acceptors (Lipinski definition) is 4. The van der Waals surface area contributed by atoms with Crippen LogP contribution in [0.15, 0.2) is 65.7 Å². The molecule has 0 aromatic heterocycles. The zero-order chi connectivity index (χ0) is 22.5. The van der Waals surface area contributed by atoms with E-state index in [0.717, 1.165) is 64.9 Å². The Balaban J connectivity index is 0.00000274. The Morgan fingerprint density at radius 2 is 1.76 bits per heavy atom. The zero-order valence-corrected chi connectivity index (χ0v) is 22.3. The molecule has 34 heavy (non-hydrogen) atoms. The van der Waals surface area contributed by atoms with Crippen molar-refractivity contribution in [2.24, 2.45) is 10.9 Å². The van der Waals surface area contributed by atoms with Crippen molar-refractivity contribution in [2.75, 3.05) is 45.9 Å². The molecule has 3 aliphatic rings. The fraction of sp³-hybridized carbons (Fsp3) is 0.519. The second kappa shape index (κ2) is 12.3. The summed E-state index contributed by atoms with van der Waals surface area (Å²) >= 11 is 0. The second-order valence-electron chi connectivity index (χ2n) is 9.28. The molecule has 6 nitrogen and oxygen atoms in total. The van der Waals surface area contributed by atoms with Gasteiger partial charge in [-0.25, -0.2) is 0 Å². The van der Waals surface area contributed by atoms with Gasteiger partial charge in [0.1, 0.15) is 0 Å². The standard InChI is InChI=1S/C27H36N4O2.HI/c1-2-28-27(29-17-23-13-15-33-26(23)22-11-7-4-8-12-22)31-19-24-25(20-31)32-16-14-30(24)18-21-9-5-3-6-10-21;/h3-12,23-26H,2,13-20H2,1H3,(H,28,29);1H. The van der Waals surface area contributed by atoms with Crippen molar-refractivity contribution >= 4 is 29.9 Å². The highest BCUT2D eigenvalue weighted by molar-refractivity contribution is 14.0. The van der Waals surface area contributed by atoms with Crippen LogP contribution in [0.25, 0.3) is 0 Å². The number of halogens is 1. The Hall–Kier alpha value is -1.68. The predicted molar refractivity (Wildman–Crippen MR) is 147 cm³/mol. The first-order chi connectivity index (χ1) is 16.3. The lowest BCUT2D eigenvalue weighted by Crippen LogP contribution is -2.50. The van der Waals surface area contributed by atoms with Gasteiger partial charge in [0.15, 0.2) is 5.96 Å². The van der Waals surface area contributed by atoms with Crippen LogP contribution in [-0.4, -0.2) is 73.8 Å². The molecule has 4 unspecified atom stereocenters. The van der Waals surface area contributed by atoms with Crippen LogP contribution in [0.5, 0.6) is 0 Å². The van der Waals surface area contributed by atoms with Crippen molar-refractivity contribution in [3.05, 3.63) is 71.8 Å². The van der Waals surface area contributed by atoms with E-state index in [4.69, 9.17) is 14.5 Å². The number of morpholine rings is 1. The number of rotatable bonds is 6. The van der Waals surface area contributed by atoms with Crippen LogP contribution in [0.2, 0.25) is 0 Å². The minimum absolute atomic E-state index is 0. The molecular formula is C27H37IN4O2. The Morgan fingerprint density at radius 3 is 2.53 bits per heavy atom. The molecule has 4 atom stereocenters. The summed E-state index contributed by atoms with van der Waals surface area (Å²) in [5, 5.41) is 3.54. The normalized spacial score (nSPS) is 27.3. The molecule has 3 heterocycles. The van der Waals surface area contributed by atoms with Crippen LogP contribution in [0, 0.1) is 5.92 Å². The van der Waals surface area contributed by atoms with E-state index in [2.05, 4.69) is 82.7 Å². The van der Waals surface area contributed by atoms with E-state index in [1.165, 1.54) is 11.1 Å². The molecule has 1 N–H and O–H groups in total. The lowest BCUT2D eigenvalue weighted by atomic mass is 9.95. The average molecular weight is 577 g/mol. The molecular weight excluding hydrogens is 539 g/mol. The molecule has 0 saturated carbocycles. The molecule has 0 aliphatic carbocycles. The maximum absolute atomic E-state index is 6.20. The molecule has 0 spiro atoms. The van der Waals surface area contributed by atoms with Crippen LogP contribution in [0.1, 0.15) is 30.6 Å². The van der Waals surface area contributed by atoms with Gasteiger partial charge in [-0.15, -0.1) is 24.0 Å². The zero-order valence-electron chi connectivity index (χ0n) is 20.0. The van der Waals surface area contributed by atoms with E-state index in [1.54, 1.807) is 0 Å². The lowest BCUT2D eigenvalue weighted by molar-refractivity contribution is -0.0502. The summed E-state index contributed by atoms with van der Waals surface area (Å²) in [4.78, 5) is 10.1. The van der Waals surface area contributed by atoms with Gasteiger partial charge in [-0.3, -0.25) is 9.89 Å². The van der Waals surface area contributed by atoms with E-state index in [1.807, 2.05) is 0 Å².